The number of aromatic amines is 1. The minimum atomic E-state index is -0.354. The second-order valence-corrected chi connectivity index (χ2v) is 7.52. The SMILES string of the molecule is CCNC(=NCC(NC(=O)OCC)C1CC1)NCCc1c[nH]c2cccc(C)c12.I. The highest BCUT2D eigenvalue weighted by Crippen LogP contribution is 2.32. The maximum atomic E-state index is 11.8. The van der Waals surface area contributed by atoms with E-state index in [9.17, 15) is 4.79 Å². The molecule has 30 heavy (non-hydrogen) atoms. The predicted molar refractivity (Wildman–Crippen MR) is 133 cm³/mol. The number of aliphatic imine (C=N–C) groups is 1. The van der Waals surface area contributed by atoms with Crippen molar-refractivity contribution in [2.24, 2.45) is 10.9 Å². The lowest BCUT2D eigenvalue weighted by atomic mass is 10.1. The van der Waals surface area contributed by atoms with Gasteiger partial charge in [0.25, 0.3) is 0 Å². The first-order valence-corrected chi connectivity index (χ1v) is 10.6. The Labute approximate surface area is 195 Å². The van der Waals surface area contributed by atoms with E-state index in [0.717, 1.165) is 38.3 Å². The number of rotatable bonds is 9. The van der Waals surface area contributed by atoms with Gasteiger partial charge in [-0.15, -0.1) is 24.0 Å². The second kappa shape index (κ2) is 12.0. The van der Waals surface area contributed by atoms with Crippen molar-refractivity contribution in [3.05, 3.63) is 35.5 Å². The number of guanidine groups is 1. The Morgan fingerprint density at radius 1 is 1.30 bits per heavy atom. The second-order valence-electron chi connectivity index (χ2n) is 7.52. The number of amides is 1. The molecule has 1 fully saturated rings. The van der Waals surface area contributed by atoms with Crippen molar-refractivity contribution >= 4 is 46.9 Å². The summed E-state index contributed by atoms with van der Waals surface area (Å²) in [7, 11) is 0. The molecule has 1 heterocycles. The number of hydrogen-bond donors (Lipinski definition) is 4. The maximum Gasteiger partial charge on any atom is 0.407 e. The molecule has 4 N–H and O–H groups in total. The molecule has 0 bridgehead atoms. The summed E-state index contributed by atoms with van der Waals surface area (Å²) in [5.41, 5.74) is 3.77. The van der Waals surface area contributed by atoms with Gasteiger partial charge < -0.3 is 25.7 Å². The molecule has 0 spiro atoms. The van der Waals surface area contributed by atoms with Crippen molar-refractivity contribution in [2.45, 2.75) is 46.1 Å². The summed E-state index contributed by atoms with van der Waals surface area (Å²) in [6, 6.07) is 6.36. The van der Waals surface area contributed by atoms with Crippen molar-refractivity contribution < 1.29 is 9.53 Å². The summed E-state index contributed by atoms with van der Waals surface area (Å²) in [5, 5.41) is 11.0. The van der Waals surface area contributed by atoms with Crippen LogP contribution in [0.3, 0.4) is 0 Å². The van der Waals surface area contributed by atoms with Gasteiger partial charge in [0.1, 0.15) is 0 Å². The lowest BCUT2D eigenvalue weighted by Crippen LogP contribution is -2.42. The number of carbonyl (C=O) groups is 1. The van der Waals surface area contributed by atoms with Crippen molar-refractivity contribution in [3.63, 3.8) is 0 Å². The fraction of sp³-hybridized carbons (Fsp3) is 0.545. The number of halogens is 1. The molecular weight excluding hydrogens is 493 g/mol. The van der Waals surface area contributed by atoms with E-state index < -0.39 is 0 Å². The Morgan fingerprint density at radius 2 is 2.10 bits per heavy atom. The number of H-pyrrole nitrogens is 1. The monoisotopic (exact) mass is 527 g/mol. The Balaban J connectivity index is 0.00000320. The van der Waals surface area contributed by atoms with E-state index in [0.29, 0.717) is 19.1 Å². The highest BCUT2D eigenvalue weighted by atomic mass is 127. The summed E-state index contributed by atoms with van der Waals surface area (Å²) < 4.78 is 5.02. The summed E-state index contributed by atoms with van der Waals surface area (Å²) >= 11 is 0. The Kier molecular flexibility index (Phi) is 9.74. The molecule has 3 rings (SSSR count). The third-order valence-electron chi connectivity index (χ3n) is 5.24. The first kappa shape index (κ1) is 24.3. The van der Waals surface area contributed by atoms with Crippen LogP contribution >= 0.6 is 24.0 Å². The van der Waals surface area contributed by atoms with Crippen molar-refractivity contribution in [1.29, 1.82) is 0 Å². The minimum absolute atomic E-state index is 0. The normalized spacial score (nSPS) is 14.7. The third-order valence-corrected chi connectivity index (χ3v) is 5.24. The van der Waals surface area contributed by atoms with E-state index in [1.807, 2.05) is 6.92 Å². The zero-order valence-electron chi connectivity index (χ0n) is 18.1. The number of aromatic nitrogens is 1. The zero-order valence-corrected chi connectivity index (χ0v) is 20.4. The first-order chi connectivity index (χ1) is 14.1. The Bertz CT molecular complexity index is 847. The molecule has 0 radical (unpaired) electrons. The number of benzene rings is 1. The van der Waals surface area contributed by atoms with Gasteiger partial charge in [-0.3, -0.25) is 4.99 Å². The molecule has 1 saturated carbocycles. The van der Waals surface area contributed by atoms with Crippen molar-refractivity contribution in [1.82, 2.24) is 20.9 Å². The average molecular weight is 527 g/mol. The molecule has 1 unspecified atom stereocenters. The smallest absolute Gasteiger partial charge is 0.407 e. The van der Waals surface area contributed by atoms with Crippen LogP contribution < -0.4 is 16.0 Å². The van der Waals surface area contributed by atoms with Crippen LogP contribution in [0.4, 0.5) is 4.79 Å². The number of hydrogen-bond acceptors (Lipinski definition) is 3. The highest BCUT2D eigenvalue weighted by Gasteiger charge is 2.32. The number of carbonyl (C=O) groups excluding carboxylic acids is 1. The van der Waals surface area contributed by atoms with Crippen molar-refractivity contribution in [2.75, 3.05) is 26.2 Å². The first-order valence-electron chi connectivity index (χ1n) is 10.6. The number of alkyl carbamates (subject to hydrolysis) is 1. The van der Waals surface area contributed by atoms with E-state index in [-0.39, 0.29) is 36.1 Å². The van der Waals surface area contributed by atoms with Crippen LogP contribution in [0, 0.1) is 12.8 Å². The van der Waals surface area contributed by atoms with Crippen LogP contribution in [0.25, 0.3) is 10.9 Å². The molecule has 1 aliphatic carbocycles. The van der Waals surface area contributed by atoms with E-state index in [1.165, 1.54) is 22.0 Å². The average Bonchev–Trinajstić information content (AvgIpc) is 3.46. The lowest BCUT2D eigenvalue weighted by Gasteiger charge is -2.17. The fourth-order valence-electron chi connectivity index (χ4n) is 3.63. The summed E-state index contributed by atoms with van der Waals surface area (Å²) in [6.07, 6.45) is 4.91. The van der Waals surface area contributed by atoms with Gasteiger partial charge in [-0.25, -0.2) is 4.79 Å². The summed E-state index contributed by atoms with van der Waals surface area (Å²) in [5.74, 6) is 1.28. The van der Waals surface area contributed by atoms with Crippen LogP contribution in [0.5, 0.6) is 0 Å². The van der Waals surface area contributed by atoms with Crippen LogP contribution in [-0.2, 0) is 11.2 Å². The number of nitrogens with zero attached hydrogens (tertiary/aromatic N) is 1. The van der Waals surface area contributed by atoms with E-state index in [1.54, 1.807) is 0 Å². The van der Waals surface area contributed by atoms with Crippen LogP contribution in [-0.4, -0.2) is 49.3 Å². The third kappa shape index (κ3) is 6.78. The summed E-state index contributed by atoms with van der Waals surface area (Å²) in [6.45, 7) is 8.51. The Morgan fingerprint density at radius 3 is 2.80 bits per heavy atom. The quantitative estimate of drug-likeness (QED) is 0.227. The number of ether oxygens (including phenoxy) is 1. The molecule has 0 aliphatic heterocycles. The van der Waals surface area contributed by atoms with Crippen molar-refractivity contribution in [3.8, 4) is 0 Å². The van der Waals surface area contributed by atoms with Gasteiger partial charge in [0.2, 0.25) is 0 Å². The van der Waals surface area contributed by atoms with E-state index in [4.69, 9.17) is 9.73 Å². The number of fused-ring (bicyclic) bond motifs is 1. The molecular formula is C22H34IN5O2. The van der Waals surface area contributed by atoms with Gasteiger partial charge in [-0.2, -0.15) is 0 Å². The topological polar surface area (TPSA) is 90.5 Å². The molecule has 1 aromatic carbocycles. The predicted octanol–water partition coefficient (Wildman–Crippen LogP) is 3.72. The fourth-order valence-corrected chi connectivity index (χ4v) is 3.63. The molecule has 166 valence electrons. The maximum absolute atomic E-state index is 11.8. The largest absolute Gasteiger partial charge is 0.450 e. The molecule has 1 aliphatic rings. The van der Waals surface area contributed by atoms with Gasteiger partial charge in [0.05, 0.1) is 19.2 Å². The molecule has 0 saturated heterocycles. The van der Waals surface area contributed by atoms with Crippen LogP contribution in [0.15, 0.2) is 29.4 Å². The highest BCUT2D eigenvalue weighted by molar-refractivity contribution is 14.0. The standard InChI is InChI=1S/C22H33N5O2.HI/c1-4-23-21(26-14-19(16-9-10-16)27-22(28)29-5-2)24-12-11-17-13-25-18-8-6-7-15(3)20(17)18;/h6-8,13,16,19,25H,4-5,9-12,14H2,1-3H3,(H,27,28)(H2,23,24,26);1H. The Hall–Kier alpha value is -1.97. The van der Waals surface area contributed by atoms with Gasteiger partial charge in [0, 0.05) is 30.2 Å². The van der Waals surface area contributed by atoms with Gasteiger partial charge in [-0.05, 0) is 63.1 Å². The molecule has 7 nitrogen and oxygen atoms in total. The minimum Gasteiger partial charge on any atom is -0.450 e. The lowest BCUT2D eigenvalue weighted by molar-refractivity contribution is 0.147. The van der Waals surface area contributed by atoms with Crippen LogP contribution in [0.1, 0.15) is 37.8 Å². The summed E-state index contributed by atoms with van der Waals surface area (Å²) in [4.78, 5) is 19.8. The zero-order chi connectivity index (χ0) is 20.6. The van der Waals surface area contributed by atoms with E-state index in [2.05, 4.69) is 59.2 Å². The van der Waals surface area contributed by atoms with E-state index >= 15 is 0 Å². The number of nitrogens with one attached hydrogen (secondary N) is 4. The number of aryl methyl sites for hydroxylation is 1. The molecule has 8 heteroatoms. The van der Waals surface area contributed by atoms with Crippen LogP contribution in [0.2, 0.25) is 0 Å². The molecule has 1 amide bonds. The molecule has 1 aromatic heterocycles. The van der Waals surface area contributed by atoms with Gasteiger partial charge in [0.15, 0.2) is 5.96 Å². The molecule has 2 aromatic rings. The molecule has 1 atom stereocenters. The van der Waals surface area contributed by atoms with Gasteiger partial charge >= 0.3 is 6.09 Å². The van der Waals surface area contributed by atoms with Gasteiger partial charge in [-0.1, -0.05) is 12.1 Å².